The first-order valence-corrected chi connectivity index (χ1v) is 10.6. The van der Waals surface area contributed by atoms with Gasteiger partial charge in [0.1, 0.15) is 11.5 Å². The van der Waals surface area contributed by atoms with Gasteiger partial charge in [-0.05, 0) is 48.2 Å². The lowest BCUT2D eigenvalue weighted by Crippen LogP contribution is -2.52. The molecular weight excluding hydrogens is 376 g/mol. The maximum Gasteiger partial charge on any atom is 0.121 e. The summed E-state index contributed by atoms with van der Waals surface area (Å²) in [6, 6.07) is 14.9. The molecule has 0 aromatic heterocycles. The van der Waals surface area contributed by atoms with Gasteiger partial charge in [-0.2, -0.15) is 0 Å². The fraction of sp³-hybridized carbons (Fsp3) is 0.440. The van der Waals surface area contributed by atoms with Crippen LogP contribution in [0.15, 0.2) is 48.5 Å². The van der Waals surface area contributed by atoms with E-state index >= 15 is 0 Å². The highest BCUT2D eigenvalue weighted by atomic mass is 16.5. The van der Waals surface area contributed by atoms with Crippen molar-refractivity contribution < 1.29 is 14.6 Å². The molecular formula is C25H34N2O3. The Balaban J connectivity index is 1.56. The van der Waals surface area contributed by atoms with E-state index < -0.39 is 0 Å². The van der Waals surface area contributed by atoms with E-state index in [1.807, 2.05) is 18.2 Å². The molecule has 1 aliphatic heterocycles. The minimum atomic E-state index is 0.221. The number of aliphatic hydroxyl groups excluding tert-OH is 1. The van der Waals surface area contributed by atoms with Crippen LogP contribution in [0.25, 0.3) is 6.08 Å². The fourth-order valence-corrected chi connectivity index (χ4v) is 4.08. The minimum absolute atomic E-state index is 0.221. The lowest BCUT2D eigenvalue weighted by Gasteiger charge is -2.41. The monoisotopic (exact) mass is 410 g/mol. The number of benzene rings is 2. The highest BCUT2D eigenvalue weighted by Gasteiger charge is 2.26. The van der Waals surface area contributed by atoms with E-state index in [4.69, 9.17) is 9.47 Å². The van der Waals surface area contributed by atoms with Crippen molar-refractivity contribution in [2.75, 3.05) is 47.0 Å². The van der Waals surface area contributed by atoms with Gasteiger partial charge in [0.2, 0.25) is 0 Å². The number of ether oxygens (including phenoxy) is 2. The molecule has 2 aromatic rings. The summed E-state index contributed by atoms with van der Waals surface area (Å²) >= 11 is 0. The van der Waals surface area contributed by atoms with Crippen molar-refractivity contribution in [3.05, 3.63) is 65.2 Å². The molecule has 1 heterocycles. The van der Waals surface area contributed by atoms with Crippen LogP contribution in [0.4, 0.5) is 0 Å². The van der Waals surface area contributed by atoms with Gasteiger partial charge in [0.05, 0.1) is 14.2 Å². The van der Waals surface area contributed by atoms with Gasteiger partial charge in [0.15, 0.2) is 0 Å². The van der Waals surface area contributed by atoms with Crippen molar-refractivity contribution >= 4 is 6.08 Å². The Kier molecular flexibility index (Phi) is 8.31. The molecule has 1 atom stereocenters. The van der Waals surface area contributed by atoms with E-state index in [9.17, 15) is 5.11 Å². The molecule has 1 fully saturated rings. The van der Waals surface area contributed by atoms with Crippen molar-refractivity contribution in [1.82, 2.24) is 9.80 Å². The number of rotatable bonds is 9. The van der Waals surface area contributed by atoms with Crippen LogP contribution in [0.2, 0.25) is 0 Å². The molecule has 0 bridgehead atoms. The Morgan fingerprint density at radius 1 is 1.07 bits per heavy atom. The molecule has 162 valence electrons. The SMILES string of the molecule is COc1ccc(/C=C/CN2CCN(Cc3ccc(OC)c(C)c3)[C@H](CCO)C2)cc1. The molecule has 2 aromatic carbocycles. The smallest absolute Gasteiger partial charge is 0.121 e. The molecule has 0 aliphatic carbocycles. The summed E-state index contributed by atoms with van der Waals surface area (Å²) in [4.78, 5) is 4.97. The molecule has 0 amide bonds. The lowest BCUT2D eigenvalue weighted by atomic mass is 10.1. The molecule has 0 radical (unpaired) electrons. The summed E-state index contributed by atoms with van der Waals surface area (Å²) in [7, 11) is 3.39. The molecule has 3 rings (SSSR count). The summed E-state index contributed by atoms with van der Waals surface area (Å²) < 4.78 is 10.6. The average Bonchev–Trinajstić information content (AvgIpc) is 2.76. The first-order chi connectivity index (χ1) is 14.6. The van der Waals surface area contributed by atoms with Crippen molar-refractivity contribution in [2.45, 2.75) is 25.9 Å². The topological polar surface area (TPSA) is 45.2 Å². The van der Waals surface area contributed by atoms with Gasteiger partial charge in [-0.3, -0.25) is 9.80 Å². The maximum atomic E-state index is 9.58. The summed E-state index contributed by atoms with van der Waals surface area (Å²) in [6.07, 6.45) is 5.18. The second-order valence-corrected chi connectivity index (χ2v) is 7.88. The zero-order valence-electron chi connectivity index (χ0n) is 18.4. The quantitative estimate of drug-likeness (QED) is 0.684. The van der Waals surface area contributed by atoms with Crippen LogP contribution in [0.1, 0.15) is 23.1 Å². The molecule has 5 nitrogen and oxygen atoms in total. The van der Waals surface area contributed by atoms with E-state index in [0.29, 0.717) is 6.04 Å². The largest absolute Gasteiger partial charge is 0.497 e. The standard InChI is InChI=1S/C25H34N2O3/c1-20-17-22(8-11-25(20)30-3)18-27-15-14-26(19-23(27)12-16-28)13-4-5-21-6-9-24(29-2)10-7-21/h4-11,17,23,28H,12-16,18-19H2,1-3H3/b5-4+/t23-/m1/s1. The molecule has 0 unspecified atom stereocenters. The van der Waals surface area contributed by atoms with Crippen LogP contribution < -0.4 is 9.47 Å². The Bertz CT molecular complexity index is 820. The van der Waals surface area contributed by atoms with E-state index in [1.54, 1.807) is 14.2 Å². The van der Waals surface area contributed by atoms with Gasteiger partial charge in [0, 0.05) is 45.4 Å². The first kappa shape index (κ1) is 22.3. The van der Waals surface area contributed by atoms with E-state index in [1.165, 1.54) is 11.1 Å². The second-order valence-electron chi connectivity index (χ2n) is 7.88. The molecule has 1 saturated heterocycles. The van der Waals surface area contributed by atoms with E-state index in [0.717, 1.165) is 56.2 Å². The Labute approximate surface area is 180 Å². The van der Waals surface area contributed by atoms with Crippen molar-refractivity contribution in [3.8, 4) is 11.5 Å². The number of aryl methyl sites for hydroxylation is 1. The van der Waals surface area contributed by atoms with Crippen molar-refractivity contribution in [3.63, 3.8) is 0 Å². The normalized spacial score (nSPS) is 18.1. The molecule has 0 spiro atoms. The highest BCUT2D eigenvalue weighted by Crippen LogP contribution is 2.22. The van der Waals surface area contributed by atoms with Gasteiger partial charge < -0.3 is 14.6 Å². The van der Waals surface area contributed by atoms with Crippen LogP contribution in [0.3, 0.4) is 0 Å². The van der Waals surface area contributed by atoms with Gasteiger partial charge in [-0.25, -0.2) is 0 Å². The maximum absolute atomic E-state index is 9.58. The van der Waals surface area contributed by atoms with Crippen LogP contribution in [0, 0.1) is 6.92 Å². The summed E-state index contributed by atoms with van der Waals surface area (Å²) in [5, 5.41) is 9.58. The zero-order chi connectivity index (χ0) is 21.3. The van der Waals surface area contributed by atoms with Crippen LogP contribution in [0.5, 0.6) is 11.5 Å². The summed E-state index contributed by atoms with van der Waals surface area (Å²) in [6.45, 7) is 7.15. The zero-order valence-corrected chi connectivity index (χ0v) is 18.4. The summed E-state index contributed by atoms with van der Waals surface area (Å²) in [5.41, 5.74) is 3.64. The number of aliphatic hydroxyl groups is 1. The molecule has 1 N–H and O–H groups in total. The summed E-state index contributed by atoms with van der Waals surface area (Å²) in [5.74, 6) is 1.81. The second kappa shape index (κ2) is 11.2. The predicted molar refractivity (Wildman–Crippen MR) is 122 cm³/mol. The molecule has 30 heavy (non-hydrogen) atoms. The van der Waals surface area contributed by atoms with Crippen LogP contribution >= 0.6 is 0 Å². The Morgan fingerprint density at radius 2 is 1.87 bits per heavy atom. The van der Waals surface area contributed by atoms with Crippen LogP contribution in [-0.4, -0.2) is 68.0 Å². The number of nitrogens with zero attached hydrogens (tertiary/aromatic N) is 2. The number of hydrogen-bond donors (Lipinski definition) is 1. The number of hydrogen-bond acceptors (Lipinski definition) is 5. The third kappa shape index (κ3) is 6.08. The highest BCUT2D eigenvalue weighted by molar-refractivity contribution is 5.50. The van der Waals surface area contributed by atoms with Gasteiger partial charge in [-0.1, -0.05) is 36.4 Å². The lowest BCUT2D eigenvalue weighted by molar-refractivity contribution is 0.0596. The number of piperazine rings is 1. The third-order valence-electron chi connectivity index (χ3n) is 5.79. The molecule has 1 aliphatic rings. The Morgan fingerprint density at radius 3 is 2.53 bits per heavy atom. The van der Waals surface area contributed by atoms with Crippen LogP contribution in [-0.2, 0) is 6.54 Å². The van der Waals surface area contributed by atoms with Crippen molar-refractivity contribution in [2.24, 2.45) is 0 Å². The van der Waals surface area contributed by atoms with Gasteiger partial charge in [0.25, 0.3) is 0 Å². The molecule has 5 heteroatoms. The minimum Gasteiger partial charge on any atom is -0.497 e. The number of methoxy groups -OCH3 is 2. The Hall–Kier alpha value is -2.34. The van der Waals surface area contributed by atoms with E-state index in [2.05, 4.69) is 53.1 Å². The fourth-order valence-electron chi connectivity index (χ4n) is 4.08. The molecule has 0 saturated carbocycles. The predicted octanol–water partition coefficient (Wildman–Crippen LogP) is 3.59. The van der Waals surface area contributed by atoms with Gasteiger partial charge in [-0.15, -0.1) is 0 Å². The van der Waals surface area contributed by atoms with Gasteiger partial charge >= 0.3 is 0 Å². The van der Waals surface area contributed by atoms with E-state index in [-0.39, 0.29) is 6.61 Å². The third-order valence-corrected chi connectivity index (χ3v) is 5.79. The first-order valence-electron chi connectivity index (χ1n) is 10.6. The van der Waals surface area contributed by atoms with Crippen molar-refractivity contribution in [1.29, 1.82) is 0 Å². The average molecular weight is 411 g/mol.